The molecule has 0 saturated heterocycles. The molecule has 0 radical (unpaired) electrons. The van der Waals surface area contributed by atoms with E-state index in [4.69, 9.17) is 4.42 Å². The molecule has 1 atom stereocenters. The highest BCUT2D eigenvalue weighted by molar-refractivity contribution is 7.89. The Kier molecular flexibility index (Phi) is 9.13. The predicted octanol–water partition coefficient (Wildman–Crippen LogP) is 5.45. The third kappa shape index (κ3) is 5.89. The summed E-state index contributed by atoms with van der Waals surface area (Å²) in [4.78, 5) is 14.8. The van der Waals surface area contributed by atoms with Crippen LogP contribution in [0.1, 0.15) is 75.9 Å². The van der Waals surface area contributed by atoms with Crippen LogP contribution in [0, 0.1) is 12.8 Å². The standard InChI is InChI=1S/C24H38N2O4S/c1-7-10-11-12-15-25(6)24(27)23-19(5)21-16-20(13-14-22(21)30-23)31(28,29)26(9-3)17-18(4)8-2/h13-14,16,18H,7-12,15,17H2,1-6H3. The number of sulfonamides is 1. The molecule has 174 valence electrons. The lowest BCUT2D eigenvalue weighted by molar-refractivity contribution is 0.0762. The molecule has 1 unspecified atom stereocenters. The minimum atomic E-state index is -3.61. The summed E-state index contributed by atoms with van der Waals surface area (Å²) in [7, 11) is -1.83. The molecule has 0 fully saturated rings. The van der Waals surface area contributed by atoms with Gasteiger partial charge in [-0.1, -0.05) is 53.4 Å². The Morgan fingerprint density at radius 3 is 2.45 bits per heavy atom. The van der Waals surface area contributed by atoms with Crippen LogP contribution in [0.3, 0.4) is 0 Å². The summed E-state index contributed by atoms with van der Waals surface area (Å²) in [6.45, 7) is 11.5. The fraction of sp³-hybridized carbons (Fsp3) is 0.625. The van der Waals surface area contributed by atoms with Gasteiger partial charge in [0.05, 0.1) is 4.90 Å². The summed E-state index contributed by atoms with van der Waals surface area (Å²) >= 11 is 0. The molecule has 0 saturated carbocycles. The molecule has 1 aromatic heterocycles. The van der Waals surface area contributed by atoms with Gasteiger partial charge < -0.3 is 9.32 Å². The van der Waals surface area contributed by atoms with Gasteiger partial charge in [-0.2, -0.15) is 4.31 Å². The first-order chi connectivity index (χ1) is 14.7. The van der Waals surface area contributed by atoms with Crippen molar-refractivity contribution < 1.29 is 17.6 Å². The maximum Gasteiger partial charge on any atom is 0.289 e. The van der Waals surface area contributed by atoms with E-state index < -0.39 is 10.0 Å². The first-order valence-corrected chi connectivity index (χ1v) is 12.9. The van der Waals surface area contributed by atoms with Crippen molar-refractivity contribution >= 4 is 26.9 Å². The first-order valence-electron chi connectivity index (χ1n) is 11.5. The van der Waals surface area contributed by atoms with Gasteiger partial charge in [-0.05, 0) is 37.5 Å². The summed E-state index contributed by atoms with van der Waals surface area (Å²) in [5, 5.41) is 0.670. The smallest absolute Gasteiger partial charge is 0.289 e. The van der Waals surface area contributed by atoms with Crippen LogP contribution in [0.4, 0.5) is 0 Å². The zero-order valence-corrected chi connectivity index (χ0v) is 20.7. The normalized spacial score (nSPS) is 13.1. The molecule has 2 rings (SSSR count). The van der Waals surface area contributed by atoms with Crippen molar-refractivity contribution in [2.75, 3.05) is 26.7 Å². The highest BCUT2D eigenvalue weighted by Gasteiger charge is 2.27. The molecule has 0 aliphatic heterocycles. The molecular formula is C24H38N2O4S. The number of nitrogens with zero attached hydrogens (tertiary/aromatic N) is 2. The molecule has 31 heavy (non-hydrogen) atoms. The van der Waals surface area contributed by atoms with Gasteiger partial charge in [0.1, 0.15) is 5.58 Å². The number of unbranched alkanes of at least 4 members (excludes halogenated alkanes) is 3. The number of hydrogen-bond donors (Lipinski definition) is 0. The van der Waals surface area contributed by atoms with Crippen LogP contribution in [0.2, 0.25) is 0 Å². The minimum Gasteiger partial charge on any atom is -0.451 e. The Hall–Kier alpha value is -1.86. The highest BCUT2D eigenvalue weighted by Crippen LogP contribution is 2.30. The molecule has 0 spiro atoms. The Balaban J connectivity index is 2.31. The molecule has 7 heteroatoms. The van der Waals surface area contributed by atoms with E-state index in [1.165, 1.54) is 4.31 Å². The Morgan fingerprint density at radius 1 is 1.13 bits per heavy atom. The largest absolute Gasteiger partial charge is 0.451 e. The number of furan rings is 1. The lowest BCUT2D eigenvalue weighted by Crippen LogP contribution is -2.34. The summed E-state index contributed by atoms with van der Waals surface area (Å²) in [6.07, 6.45) is 5.29. The van der Waals surface area contributed by atoms with Crippen molar-refractivity contribution in [2.45, 2.75) is 71.6 Å². The SMILES string of the molecule is CCCCCCN(C)C(=O)c1oc2ccc(S(=O)(=O)N(CC)CC(C)CC)cc2c1C. The Morgan fingerprint density at radius 2 is 1.84 bits per heavy atom. The summed E-state index contributed by atoms with van der Waals surface area (Å²) in [5.41, 5.74) is 1.21. The van der Waals surface area contributed by atoms with Gasteiger partial charge in [0.25, 0.3) is 5.91 Å². The second kappa shape index (κ2) is 11.1. The summed E-state index contributed by atoms with van der Waals surface area (Å²) in [5.74, 6) is 0.405. The topological polar surface area (TPSA) is 70.8 Å². The van der Waals surface area contributed by atoms with Crippen molar-refractivity contribution in [1.82, 2.24) is 9.21 Å². The number of rotatable bonds is 12. The number of amides is 1. The van der Waals surface area contributed by atoms with E-state index in [2.05, 4.69) is 20.8 Å². The van der Waals surface area contributed by atoms with Crippen molar-refractivity contribution in [3.63, 3.8) is 0 Å². The van der Waals surface area contributed by atoms with E-state index in [0.717, 1.165) is 32.1 Å². The highest BCUT2D eigenvalue weighted by atomic mass is 32.2. The number of aryl methyl sites for hydroxylation is 1. The molecular weight excluding hydrogens is 412 g/mol. The first kappa shape index (κ1) is 25.4. The summed E-state index contributed by atoms with van der Waals surface area (Å²) < 4.78 is 33.8. The van der Waals surface area contributed by atoms with E-state index in [1.54, 1.807) is 30.1 Å². The van der Waals surface area contributed by atoms with Gasteiger partial charge in [0.2, 0.25) is 10.0 Å². The van der Waals surface area contributed by atoms with E-state index in [0.29, 0.717) is 36.2 Å². The van der Waals surface area contributed by atoms with E-state index >= 15 is 0 Å². The second-order valence-corrected chi connectivity index (χ2v) is 10.4. The number of benzene rings is 1. The van der Waals surface area contributed by atoms with Crippen LogP contribution in [0.15, 0.2) is 27.5 Å². The molecule has 0 bridgehead atoms. The number of fused-ring (bicyclic) bond motifs is 1. The van der Waals surface area contributed by atoms with Gasteiger partial charge in [-0.3, -0.25) is 4.79 Å². The molecule has 0 aliphatic rings. The minimum absolute atomic E-state index is 0.165. The third-order valence-corrected chi connectivity index (χ3v) is 7.94. The molecule has 1 aromatic carbocycles. The number of hydrogen-bond acceptors (Lipinski definition) is 4. The maximum absolute atomic E-state index is 13.2. The molecule has 0 N–H and O–H groups in total. The monoisotopic (exact) mass is 450 g/mol. The molecule has 0 aliphatic carbocycles. The maximum atomic E-state index is 13.2. The van der Waals surface area contributed by atoms with Crippen LogP contribution in [0.5, 0.6) is 0 Å². The fourth-order valence-electron chi connectivity index (χ4n) is 3.64. The zero-order chi connectivity index (χ0) is 23.2. The van der Waals surface area contributed by atoms with Crippen molar-refractivity contribution in [2.24, 2.45) is 5.92 Å². The number of carbonyl (C=O) groups is 1. The average molecular weight is 451 g/mol. The predicted molar refractivity (Wildman–Crippen MR) is 126 cm³/mol. The molecule has 6 nitrogen and oxygen atoms in total. The zero-order valence-electron chi connectivity index (χ0n) is 19.9. The average Bonchev–Trinajstić information content (AvgIpc) is 3.09. The third-order valence-electron chi connectivity index (χ3n) is 6.00. The lowest BCUT2D eigenvalue weighted by atomic mass is 10.1. The van der Waals surface area contributed by atoms with Crippen molar-refractivity contribution in [1.29, 1.82) is 0 Å². The molecule has 1 heterocycles. The second-order valence-electron chi connectivity index (χ2n) is 8.47. The molecule has 2 aromatic rings. The number of carbonyl (C=O) groups excluding carboxylic acids is 1. The van der Waals surface area contributed by atoms with Gasteiger partial charge >= 0.3 is 0 Å². The van der Waals surface area contributed by atoms with Gasteiger partial charge in [0.15, 0.2) is 5.76 Å². The van der Waals surface area contributed by atoms with Crippen molar-refractivity contribution in [3.05, 3.63) is 29.5 Å². The van der Waals surface area contributed by atoms with Crippen LogP contribution >= 0.6 is 0 Å². The Labute approximate surface area is 187 Å². The van der Waals surface area contributed by atoms with E-state index in [9.17, 15) is 13.2 Å². The fourth-order valence-corrected chi connectivity index (χ4v) is 5.23. The molecule has 1 amide bonds. The van der Waals surface area contributed by atoms with Crippen LogP contribution < -0.4 is 0 Å². The van der Waals surface area contributed by atoms with Gasteiger partial charge in [-0.15, -0.1) is 0 Å². The quantitative estimate of drug-likeness (QED) is 0.403. The lowest BCUT2D eigenvalue weighted by Gasteiger charge is -2.23. The van der Waals surface area contributed by atoms with Gasteiger partial charge in [-0.25, -0.2) is 8.42 Å². The van der Waals surface area contributed by atoms with E-state index in [-0.39, 0.29) is 22.5 Å². The van der Waals surface area contributed by atoms with Crippen LogP contribution in [-0.2, 0) is 10.0 Å². The van der Waals surface area contributed by atoms with E-state index in [1.807, 2.05) is 13.8 Å². The Bertz CT molecular complexity index is 981. The van der Waals surface area contributed by atoms with Gasteiger partial charge in [0, 0.05) is 37.6 Å². The van der Waals surface area contributed by atoms with Crippen molar-refractivity contribution in [3.8, 4) is 0 Å². The van der Waals surface area contributed by atoms with Crippen LogP contribution in [0.25, 0.3) is 11.0 Å². The van der Waals surface area contributed by atoms with Crippen LogP contribution in [-0.4, -0.2) is 50.2 Å². The summed E-state index contributed by atoms with van der Waals surface area (Å²) in [6, 6.07) is 4.87.